The van der Waals surface area contributed by atoms with Crippen molar-refractivity contribution in [3.05, 3.63) is 34.3 Å². The number of carbonyl (C=O) groups is 1. The van der Waals surface area contributed by atoms with Gasteiger partial charge in [0.1, 0.15) is 0 Å². The van der Waals surface area contributed by atoms with Crippen LogP contribution in [0.15, 0.2) is 18.2 Å². The normalized spacial score (nSPS) is 43.9. The van der Waals surface area contributed by atoms with Gasteiger partial charge in [0.05, 0.1) is 17.2 Å². The van der Waals surface area contributed by atoms with E-state index in [0.717, 1.165) is 31.2 Å². The minimum Gasteiger partial charge on any atom is -0.478 e. The maximum atomic E-state index is 11.2. The van der Waals surface area contributed by atoms with Crippen LogP contribution in [-0.4, -0.2) is 35.0 Å². The zero-order valence-electron chi connectivity index (χ0n) is 18.0. The molecule has 6 rings (SSSR count). The van der Waals surface area contributed by atoms with E-state index in [1.54, 1.807) is 12.1 Å². The van der Waals surface area contributed by atoms with E-state index in [1.165, 1.54) is 6.07 Å². The Labute approximate surface area is 186 Å². The van der Waals surface area contributed by atoms with Crippen molar-refractivity contribution in [3.63, 3.8) is 0 Å². The fourth-order valence-electron chi connectivity index (χ4n) is 6.06. The molecule has 4 saturated heterocycles. The summed E-state index contributed by atoms with van der Waals surface area (Å²) in [5.74, 6) is -0.777. The summed E-state index contributed by atoms with van der Waals surface area (Å²) in [6.07, 6.45) is 2.87. The summed E-state index contributed by atoms with van der Waals surface area (Å²) in [6, 6.07) is 4.83. The molecule has 1 aromatic rings. The highest BCUT2D eigenvalue weighted by Crippen LogP contribution is 2.60. The predicted octanol–water partition coefficient (Wildman–Crippen LogP) is 4.76. The van der Waals surface area contributed by atoms with Gasteiger partial charge in [0.25, 0.3) is 0 Å². The van der Waals surface area contributed by atoms with E-state index in [9.17, 15) is 4.79 Å². The number of fused-ring (bicyclic) bond motifs is 2. The molecule has 8 atom stereocenters. The topological polar surface area (TPSA) is 83.5 Å². The van der Waals surface area contributed by atoms with Gasteiger partial charge in [-0.1, -0.05) is 31.5 Å². The van der Waals surface area contributed by atoms with Crippen molar-refractivity contribution in [1.82, 2.24) is 0 Å². The number of carboxylic acids is 1. The summed E-state index contributed by atoms with van der Waals surface area (Å²) < 4.78 is 18.9. The number of halogens is 1. The lowest BCUT2D eigenvalue weighted by Crippen LogP contribution is -2.70. The van der Waals surface area contributed by atoms with Crippen LogP contribution in [0.2, 0.25) is 5.02 Å². The highest BCUT2D eigenvalue weighted by atomic mass is 35.5. The quantitative estimate of drug-likeness (QED) is 0.659. The Hall–Kier alpha value is -1.22. The second-order valence-corrected chi connectivity index (χ2v) is 10.1. The fourth-order valence-corrected chi connectivity index (χ4v) is 6.35. The molecule has 4 aliphatic heterocycles. The lowest BCUT2D eigenvalue weighted by molar-refractivity contribution is -0.577. The Balaban J connectivity index is 1.37. The van der Waals surface area contributed by atoms with Gasteiger partial charge in [0.15, 0.2) is 18.2 Å². The molecule has 0 unspecified atom stereocenters. The third-order valence-corrected chi connectivity index (χ3v) is 8.09. The van der Waals surface area contributed by atoms with E-state index in [4.69, 9.17) is 40.7 Å². The number of benzene rings is 1. The maximum absolute atomic E-state index is 11.2. The van der Waals surface area contributed by atoms with E-state index in [1.807, 2.05) is 6.92 Å². The summed E-state index contributed by atoms with van der Waals surface area (Å²) in [6.45, 7) is 6.58. The highest BCUT2D eigenvalue weighted by molar-refractivity contribution is 6.33. The summed E-state index contributed by atoms with van der Waals surface area (Å²) in [5.41, 5.74) is 0.251. The largest absolute Gasteiger partial charge is 0.478 e. The lowest BCUT2D eigenvalue weighted by atomic mass is 9.58. The summed E-state index contributed by atoms with van der Waals surface area (Å²) >= 11 is 6.11. The molecule has 7 nitrogen and oxygen atoms in total. The molecule has 0 amide bonds. The molecule has 4 heterocycles. The molecule has 170 valence electrons. The zero-order valence-corrected chi connectivity index (χ0v) is 18.8. The number of carboxylic acid groups (broad SMARTS) is 1. The summed E-state index contributed by atoms with van der Waals surface area (Å²) in [4.78, 5) is 23.2. The van der Waals surface area contributed by atoms with Crippen LogP contribution in [0.1, 0.15) is 62.4 Å². The van der Waals surface area contributed by atoms with Gasteiger partial charge in [-0.15, -0.1) is 0 Å². The Bertz CT molecular complexity index is 877. The molecule has 5 aliphatic rings. The van der Waals surface area contributed by atoms with Gasteiger partial charge >= 0.3 is 5.97 Å². The molecule has 2 bridgehead atoms. The standard InChI is InChI=1S/C23H29ClO7/c1-12-4-7-17-13(2)20(27-11-14-5-6-15(19(25)26)18(24)10-14)28-21-23(17)16(12)8-9-22(3,29-21)30-31-23/h5-6,10,12-13,16-17,20-21H,4,7-9,11H2,1-3H3,(H,25,26)/t12-,13-,16+,17+,20+,21-,22-,23-/m1/s1. The Kier molecular flexibility index (Phi) is 5.35. The van der Waals surface area contributed by atoms with Gasteiger partial charge in [0, 0.05) is 18.3 Å². The second-order valence-electron chi connectivity index (χ2n) is 9.70. The van der Waals surface area contributed by atoms with Gasteiger partial charge in [-0.25, -0.2) is 14.6 Å². The number of hydrogen-bond donors (Lipinski definition) is 1. The summed E-state index contributed by atoms with van der Waals surface area (Å²) in [5, 5.41) is 9.35. The van der Waals surface area contributed by atoms with Crippen LogP contribution >= 0.6 is 11.6 Å². The van der Waals surface area contributed by atoms with Crippen molar-refractivity contribution in [1.29, 1.82) is 0 Å². The van der Waals surface area contributed by atoms with Crippen molar-refractivity contribution in [2.24, 2.45) is 23.7 Å². The number of hydrogen-bond acceptors (Lipinski definition) is 6. The highest BCUT2D eigenvalue weighted by Gasteiger charge is 2.69. The molecule has 1 N–H and O–H groups in total. The molecule has 1 spiro atoms. The first-order chi connectivity index (χ1) is 14.7. The van der Waals surface area contributed by atoms with Gasteiger partial charge in [0.2, 0.25) is 5.79 Å². The molecule has 1 saturated carbocycles. The summed E-state index contributed by atoms with van der Waals surface area (Å²) in [7, 11) is 0. The third-order valence-electron chi connectivity index (χ3n) is 7.78. The van der Waals surface area contributed by atoms with Gasteiger partial charge in [-0.05, 0) is 55.7 Å². The number of aromatic carboxylic acids is 1. The maximum Gasteiger partial charge on any atom is 0.337 e. The smallest absolute Gasteiger partial charge is 0.337 e. The van der Waals surface area contributed by atoms with E-state index in [0.29, 0.717) is 11.8 Å². The first-order valence-electron chi connectivity index (χ1n) is 11.1. The first-order valence-corrected chi connectivity index (χ1v) is 11.4. The lowest BCUT2D eigenvalue weighted by Gasteiger charge is -2.60. The van der Waals surface area contributed by atoms with E-state index in [-0.39, 0.29) is 29.0 Å². The fraction of sp³-hybridized carbons (Fsp3) is 0.696. The SMILES string of the molecule is C[C@H]1[C@@H](OCc2ccc(C(=O)O)c(Cl)c2)O[C@@H]2O[C@@]3(C)CC[C@H]4[C@H](C)CC[C@@H]1[C@@]24OO3. The molecular formula is C23H29ClO7. The molecule has 8 heteroatoms. The second kappa shape index (κ2) is 7.68. The monoisotopic (exact) mass is 452 g/mol. The van der Waals surface area contributed by atoms with Crippen LogP contribution in [0.3, 0.4) is 0 Å². The molecular weight excluding hydrogens is 424 g/mol. The van der Waals surface area contributed by atoms with Crippen molar-refractivity contribution in [2.75, 3.05) is 0 Å². The average molecular weight is 453 g/mol. The van der Waals surface area contributed by atoms with Crippen LogP contribution in [0, 0.1) is 23.7 Å². The average Bonchev–Trinajstić information content (AvgIpc) is 2.95. The van der Waals surface area contributed by atoms with Crippen LogP contribution in [0.5, 0.6) is 0 Å². The van der Waals surface area contributed by atoms with E-state index < -0.39 is 29.9 Å². The minimum absolute atomic E-state index is 0.0743. The van der Waals surface area contributed by atoms with E-state index >= 15 is 0 Å². The van der Waals surface area contributed by atoms with Gasteiger partial charge < -0.3 is 19.3 Å². The minimum atomic E-state index is -1.05. The molecule has 0 radical (unpaired) electrons. The van der Waals surface area contributed by atoms with Gasteiger partial charge in [-0.3, -0.25) is 0 Å². The van der Waals surface area contributed by atoms with Crippen molar-refractivity contribution in [2.45, 2.75) is 77.0 Å². The zero-order chi connectivity index (χ0) is 22.0. The first kappa shape index (κ1) is 21.6. The van der Waals surface area contributed by atoms with Crippen molar-refractivity contribution < 1.29 is 33.9 Å². The Morgan fingerprint density at radius 3 is 2.77 bits per heavy atom. The molecule has 0 aromatic heterocycles. The third kappa shape index (κ3) is 3.41. The number of ether oxygens (including phenoxy) is 3. The van der Waals surface area contributed by atoms with Crippen LogP contribution in [0.4, 0.5) is 0 Å². The molecule has 1 aliphatic carbocycles. The Morgan fingerprint density at radius 1 is 1.23 bits per heavy atom. The Morgan fingerprint density at radius 2 is 2.03 bits per heavy atom. The van der Waals surface area contributed by atoms with Crippen LogP contribution < -0.4 is 0 Å². The van der Waals surface area contributed by atoms with Crippen molar-refractivity contribution >= 4 is 17.6 Å². The van der Waals surface area contributed by atoms with Crippen LogP contribution in [0.25, 0.3) is 0 Å². The molecule has 5 fully saturated rings. The van der Waals surface area contributed by atoms with E-state index in [2.05, 4.69) is 13.8 Å². The molecule has 1 aromatic carbocycles. The van der Waals surface area contributed by atoms with Gasteiger partial charge in [-0.2, -0.15) is 0 Å². The predicted molar refractivity (Wildman–Crippen MR) is 110 cm³/mol. The molecule has 31 heavy (non-hydrogen) atoms. The number of rotatable bonds is 4. The van der Waals surface area contributed by atoms with Crippen LogP contribution in [-0.2, 0) is 30.6 Å². The van der Waals surface area contributed by atoms with Crippen molar-refractivity contribution in [3.8, 4) is 0 Å².